The second-order valence-electron chi connectivity index (χ2n) is 7.34. The van der Waals surface area contributed by atoms with Crippen molar-refractivity contribution in [1.82, 2.24) is 15.0 Å². The third kappa shape index (κ3) is 2.20. The fraction of sp³-hybridized carbons (Fsp3) is 0.421. The van der Waals surface area contributed by atoms with Gasteiger partial charge in [-0.1, -0.05) is 5.16 Å². The first-order chi connectivity index (χ1) is 12.7. The Bertz CT molecular complexity index is 1030. The summed E-state index contributed by atoms with van der Waals surface area (Å²) in [5.74, 6) is -0.627. The van der Waals surface area contributed by atoms with Gasteiger partial charge in [-0.05, 0) is 43.4 Å². The second kappa shape index (κ2) is 5.67. The van der Waals surface area contributed by atoms with Crippen LogP contribution in [0.3, 0.4) is 0 Å². The van der Waals surface area contributed by atoms with Gasteiger partial charge >= 0.3 is 0 Å². The van der Waals surface area contributed by atoms with E-state index in [1.165, 1.54) is 0 Å². The smallest absolute Gasteiger partial charge is 0.235 e. The molecule has 26 heavy (non-hydrogen) atoms. The summed E-state index contributed by atoms with van der Waals surface area (Å²) in [6, 6.07) is 6.33. The van der Waals surface area contributed by atoms with Crippen molar-refractivity contribution < 1.29 is 19.2 Å². The molecular weight excluding hydrogens is 334 g/mol. The number of fused-ring (bicyclic) bond motifs is 3. The lowest BCUT2D eigenvalue weighted by atomic mass is 9.80. The summed E-state index contributed by atoms with van der Waals surface area (Å²) in [4.78, 5) is 23.7. The molecule has 0 spiro atoms. The Hall–Kier alpha value is -2.67. The number of carbonyl (C=O) groups excluding carboxylic acids is 2. The summed E-state index contributed by atoms with van der Waals surface area (Å²) in [7, 11) is 0. The van der Waals surface area contributed by atoms with Gasteiger partial charge in [0.2, 0.25) is 11.8 Å². The highest BCUT2D eigenvalue weighted by Crippen LogP contribution is 2.41. The zero-order valence-corrected chi connectivity index (χ0v) is 14.1. The highest BCUT2D eigenvalue weighted by molar-refractivity contribution is 6.09. The van der Waals surface area contributed by atoms with Crippen LogP contribution in [0.4, 0.5) is 0 Å². The second-order valence-corrected chi connectivity index (χ2v) is 7.34. The van der Waals surface area contributed by atoms with Crippen molar-refractivity contribution in [1.29, 1.82) is 0 Å². The molecule has 2 fully saturated rings. The molecule has 1 aliphatic heterocycles. The van der Waals surface area contributed by atoms with Gasteiger partial charge in [0.05, 0.1) is 11.3 Å². The van der Waals surface area contributed by atoms with Crippen LogP contribution < -0.4 is 5.32 Å². The Morgan fingerprint density at radius 2 is 2.12 bits per heavy atom. The number of imide groups is 1. The minimum absolute atomic E-state index is 0.237. The standard InChI is InChI=1S/C19H19N3O4/c23-9-10-7-11(8-10)22-6-5-12-14(22)2-3-15-17(12)18(21-26-15)13-1-4-16(24)20-19(13)25/h2-3,5-6,10-11,13,23H,1,4,7-9H2,(H,20,24,25)/t10-,11-,13?. The van der Waals surface area contributed by atoms with Crippen molar-refractivity contribution in [3.05, 3.63) is 30.1 Å². The third-order valence-corrected chi connectivity index (χ3v) is 5.79. The number of carbonyl (C=O) groups is 2. The molecular formula is C19H19N3O4. The average Bonchev–Trinajstić information content (AvgIpc) is 3.18. The van der Waals surface area contributed by atoms with Crippen molar-refractivity contribution in [2.24, 2.45) is 5.92 Å². The predicted molar refractivity (Wildman–Crippen MR) is 93.5 cm³/mol. The molecule has 2 N–H and O–H groups in total. The van der Waals surface area contributed by atoms with Crippen molar-refractivity contribution in [3.8, 4) is 0 Å². The predicted octanol–water partition coefficient (Wildman–Crippen LogP) is 2.25. The summed E-state index contributed by atoms with van der Waals surface area (Å²) < 4.78 is 7.71. The molecule has 2 aliphatic rings. The lowest BCUT2D eigenvalue weighted by Crippen LogP contribution is -2.39. The number of aliphatic hydroxyl groups excluding tert-OH is 1. The van der Waals surface area contributed by atoms with E-state index >= 15 is 0 Å². The SMILES string of the molecule is O=C1CCC(c2noc3ccc4c(ccn4[C@H]4C[C@H](CO)C4)c23)C(=O)N1. The lowest BCUT2D eigenvalue weighted by Gasteiger charge is -2.35. The van der Waals surface area contributed by atoms with Crippen LogP contribution in [0, 0.1) is 5.92 Å². The van der Waals surface area contributed by atoms with E-state index in [2.05, 4.69) is 21.2 Å². The summed E-state index contributed by atoms with van der Waals surface area (Å²) >= 11 is 0. The van der Waals surface area contributed by atoms with Crippen molar-refractivity contribution in [2.75, 3.05) is 6.61 Å². The van der Waals surface area contributed by atoms with Crippen molar-refractivity contribution in [2.45, 2.75) is 37.6 Å². The van der Waals surface area contributed by atoms with E-state index in [-0.39, 0.29) is 18.4 Å². The van der Waals surface area contributed by atoms with Crippen LogP contribution >= 0.6 is 0 Å². The number of rotatable bonds is 3. The molecule has 3 heterocycles. The Balaban J connectivity index is 1.60. The van der Waals surface area contributed by atoms with Gasteiger partial charge in [-0.2, -0.15) is 0 Å². The molecule has 134 valence electrons. The number of nitrogens with zero attached hydrogens (tertiary/aromatic N) is 2. The Labute approximate surface area is 148 Å². The summed E-state index contributed by atoms with van der Waals surface area (Å²) in [5.41, 5.74) is 2.34. The number of hydrogen-bond acceptors (Lipinski definition) is 5. The monoisotopic (exact) mass is 353 g/mol. The van der Waals surface area contributed by atoms with E-state index in [0.29, 0.717) is 36.1 Å². The molecule has 2 aromatic heterocycles. The molecule has 1 saturated heterocycles. The first-order valence-electron chi connectivity index (χ1n) is 8.99. The van der Waals surface area contributed by atoms with Crippen LogP contribution in [0.1, 0.15) is 43.3 Å². The minimum atomic E-state index is -0.467. The van der Waals surface area contributed by atoms with E-state index in [4.69, 9.17) is 4.52 Å². The number of hydrogen-bond donors (Lipinski definition) is 2. The van der Waals surface area contributed by atoms with Gasteiger partial charge in [-0.25, -0.2) is 0 Å². The molecule has 0 radical (unpaired) electrons. The third-order valence-electron chi connectivity index (χ3n) is 5.79. The minimum Gasteiger partial charge on any atom is -0.396 e. The molecule has 2 amide bonds. The maximum Gasteiger partial charge on any atom is 0.235 e. The van der Waals surface area contributed by atoms with Gasteiger partial charge < -0.3 is 14.2 Å². The van der Waals surface area contributed by atoms with Crippen LogP contribution in [0.2, 0.25) is 0 Å². The largest absolute Gasteiger partial charge is 0.396 e. The van der Waals surface area contributed by atoms with Crippen LogP contribution in [-0.4, -0.2) is 33.3 Å². The summed E-state index contributed by atoms with van der Waals surface area (Å²) in [5, 5.41) is 17.7. The maximum atomic E-state index is 12.3. The van der Waals surface area contributed by atoms with E-state index in [0.717, 1.165) is 29.1 Å². The fourth-order valence-corrected chi connectivity index (χ4v) is 4.29. The fourth-order valence-electron chi connectivity index (χ4n) is 4.29. The number of nitrogens with one attached hydrogen (secondary N) is 1. The normalized spacial score (nSPS) is 26.3. The summed E-state index contributed by atoms with van der Waals surface area (Å²) in [6.07, 6.45) is 4.77. The van der Waals surface area contributed by atoms with Gasteiger partial charge in [0.1, 0.15) is 5.69 Å². The topological polar surface area (TPSA) is 97.4 Å². The Morgan fingerprint density at radius 3 is 2.88 bits per heavy atom. The van der Waals surface area contributed by atoms with Crippen LogP contribution in [0.5, 0.6) is 0 Å². The maximum absolute atomic E-state index is 12.3. The number of benzene rings is 1. The number of piperidine rings is 1. The van der Waals surface area contributed by atoms with Gasteiger partial charge in [0, 0.05) is 36.2 Å². The zero-order chi connectivity index (χ0) is 17.8. The van der Waals surface area contributed by atoms with Gasteiger partial charge in [0.15, 0.2) is 5.58 Å². The van der Waals surface area contributed by atoms with Gasteiger partial charge in [-0.15, -0.1) is 0 Å². The van der Waals surface area contributed by atoms with Gasteiger partial charge in [-0.3, -0.25) is 14.9 Å². The molecule has 0 bridgehead atoms. The van der Waals surface area contributed by atoms with Crippen LogP contribution in [-0.2, 0) is 9.59 Å². The van der Waals surface area contributed by atoms with E-state index in [1.54, 1.807) is 0 Å². The highest BCUT2D eigenvalue weighted by Gasteiger charge is 2.34. The Morgan fingerprint density at radius 1 is 1.27 bits per heavy atom. The van der Waals surface area contributed by atoms with Crippen LogP contribution in [0.15, 0.2) is 28.9 Å². The van der Waals surface area contributed by atoms with Crippen LogP contribution in [0.25, 0.3) is 21.9 Å². The van der Waals surface area contributed by atoms with Gasteiger partial charge in [0.25, 0.3) is 0 Å². The first kappa shape index (κ1) is 15.6. The number of amides is 2. The molecule has 1 aliphatic carbocycles. The van der Waals surface area contributed by atoms with E-state index in [1.807, 2.05) is 18.2 Å². The summed E-state index contributed by atoms with van der Waals surface area (Å²) in [6.45, 7) is 0.241. The highest BCUT2D eigenvalue weighted by atomic mass is 16.5. The zero-order valence-electron chi connectivity index (χ0n) is 14.1. The van der Waals surface area contributed by atoms with E-state index in [9.17, 15) is 14.7 Å². The number of aromatic nitrogens is 2. The quantitative estimate of drug-likeness (QED) is 0.704. The first-order valence-corrected chi connectivity index (χ1v) is 8.99. The Kier molecular flexibility index (Phi) is 3.40. The van der Waals surface area contributed by atoms with E-state index < -0.39 is 5.92 Å². The molecule has 1 atom stereocenters. The van der Waals surface area contributed by atoms with Crippen molar-refractivity contribution >= 4 is 33.7 Å². The lowest BCUT2D eigenvalue weighted by molar-refractivity contribution is -0.134. The molecule has 7 nitrogen and oxygen atoms in total. The molecule has 3 aromatic rings. The van der Waals surface area contributed by atoms with Crippen molar-refractivity contribution in [3.63, 3.8) is 0 Å². The molecule has 7 heteroatoms. The molecule has 1 aromatic carbocycles. The average molecular weight is 353 g/mol. The number of aliphatic hydroxyl groups is 1. The molecule has 1 unspecified atom stereocenters. The molecule has 5 rings (SSSR count). The molecule has 1 saturated carbocycles.